The number of aromatic nitrogens is 2. The summed E-state index contributed by atoms with van der Waals surface area (Å²) < 4.78 is 0. The largest absolute Gasteiger partial charge is 0.505 e. The molecule has 0 aromatic carbocycles. The van der Waals surface area contributed by atoms with Gasteiger partial charge in [0.2, 0.25) is 0 Å². The first-order valence-electron chi connectivity index (χ1n) is 5.03. The van der Waals surface area contributed by atoms with Crippen molar-refractivity contribution in [3.63, 3.8) is 0 Å². The Morgan fingerprint density at radius 1 is 1.00 bits per heavy atom. The molecule has 7 heteroatoms. The highest BCUT2D eigenvalue weighted by molar-refractivity contribution is 5.88. The van der Waals surface area contributed by atoms with Crippen LogP contribution in [0.2, 0.25) is 0 Å². The lowest BCUT2D eigenvalue weighted by atomic mass is 10.3. The molecule has 0 saturated heterocycles. The van der Waals surface area contributed by atoms with Crippen LogP contribution in [-0.2, 0) is 0 Å². The van der Waals surface area contributed by atoms with Gasteiger partial charge in [-0.1, -0.05) is 0 Å². The Labute approximate surface area is 107 Å². The molecule has 0 saturated carbocycles. The summed E-state index contributed by atoms with van der Waals surface area (Å²) in [6.45, 7) is 0. The van der Waals surface area contributed by atoms with Gasteiger partial charge in [-0.05, 0) is 24.3 Å². The van der Waals surface area contributed by atoms with E-state index in [-0.39, 0.29) is 17.0 Å². The molecule has 2 heterocycles. The summed E-state index contributed by atoms with van der Waals surface area (Å²) in [5, 5.41) is 25.5. The van der Waals surface area contributed by atoms with E-state index in [4.69, 9.17) is 15.3 Å². The Kier molecular flexibility index (Phi) is 4.97. The molecule has 0 aliphatic heterocycles. The van der Waals surface area contributed by atoms with Crippen molar-refractivity contribution in [1.29, 1.82) is 0 Å². The highest BCUT2D eigenvalue weighted by Crippen LogP contribution is 2.11. The molecule has 0 atom stereocenters. The number of carboxylic acids is 2. The second-order valence-electron chi connectivity index (χ2n) is 3.22. The van der Waals surface area contributed by atoms with Crippen molar-refractivity contribution in [1.82, 2.24) is 9.97 Å². The number of aromatic carboxylic acids is 2. The Balaban J connectivity index is 0.000000191. The van der Waals surface area contributed by atoms with Gasteiger partial charge in [0.15, 0.2) is 5.69 Å². The van der Waals surface area contributed by atoms with E-state index in [1.807, 2.05) is 0 Å². The van der Waals surface area contributed by atoms with Crippen LogP contribution in [0.4, 0.5) is 0 Å². The zero-order valence-corrected chi connectivity index (χ0v) is 9.59. The van der Waals surface area contributed by atoms with E-state index in [0.29, 0.717) is 0 Å². The maximum absolute atomic E-state index is 10.2. The molecule has 0 radical (unpaired) electrons. The van der Waals surface area contributed by atoms with E-state index in [2.05, 4.69) is 9.97 Å². The van der Waals surface area contributed by atoms with Crippen molar-refractivity contribution in [2.24, 2.45) is 0 Å². The van der Waals surface area contributed by atoms with Crippen LogP contribution in [0.3, 0.4) is 0 Å². The molecule has 2 rings (SSSR count). The van der Waals surface area contributed by atoms with Gasteiger partial charge in [0.1, 0.15) is 5.75 Å². The molecule has 0 aliphatic carbocycles. The summed E-state index contributed by atoms with van der Waals surface area (Å²) in [5.74, 6) is -2.48. The van der Waals surface area contributed by atoms with Crippen LogP contribution < -0.4 is 0 Å². The van der Waals surface area contributed by atoms with Crippen LogP contribution in [0.5, 0.6) is 5.75 Å². The van der Waals surface area contributed by atoms with Crippen LogP contribution in [0.15, 0.2) is 42.9 Å². The van der Waals surface area contributed by atoms with Crippen molar-refractivity contribution < 1.29 is 24.9 Å². The SMILES string of the molecule is O=C(O)c1cccnc1.O=C(O)c1ncccc1O. The van der Waals surface area contributed by atoms with Crippen LogP contribution >= 0.6 is 0 Å². The van der Waals surface area contributed by atoms with Gasteiger partial charge in [0.25, 0.3) is 0 Å². The van der Waals surface area contributed by atoms with Crippen LogP contribution in [0.25, 0.3) is 0 Å². The number of carboxylic acid groups (broad SMARTS) is 2. The predicted molar refractivity (Wildman–Crippen MR) is 64.1 cm³/mol. The Bertz CT molecular complexity index is 571. The number of aromatic hydroxyl groups is 1. The van der Waals surface area contributed by atoms with Gasteiger partial charge in [0.05, 0.1) is 5.56 Å². The predicted octanol–water partition coefficient (Wildman–Crippen LogP) is 1.27. The normalized spacial score (nSPS) is 9.05. The molecule has 7 nitrogen and oxygen atoms in total. The quantitative estimate of drug-likeness (QED) is 0.744. The molecule has 19 heavy (non-hydrogen) atoms. The van der Waals surface area contributed by atoms with Crippen molar-refractivity contribution in [3.8, 4) is 5.75 Å². The highest BCUT2D eigenvalue weighted by Gasteiger charge is 2.08. The summed E-state index contributed by atoms with van der Waals surface area (Å²) >= 11 is 0. The van der Waals surface area contributed by atoms with Gasteiger partial charge in [0, 0.05) is 18.6 Å². The first kappa shape index (κ1) is 14.1. The van der Waals surface area contributed by atoms with E-state index in [1.54, 1.807) is 6.07 Å². The molecule has 0 spiro atoms. The minimum Gasteiger partial charge on any atom is -0.505 e. The fourth-order valence-electron chi connectivity index (χ4n) is 1.05. The third kappa shape index (κ3) is 4.43. The summed E-state index contributed by atoms with van der Waals surface area (Å²) in [6.07, 6.45) is 4.15. The standard InChI is InChI=1S/C6H5NO3.C6H5NO2/c8-4-2-1-3-7-5(4)6(9)10;8-6(9)5-2-1-3-7-4-5/h1-3,8H,(H,9,10);1-4H,(H,8,9). The maximum atomic E-state index is 10.2. The summed E-state index contributed by atoms with van der Waals surface area (Å²) in [6, 6.07) is 5.82. The summed E-state index contributed by atoms with van der Waals surface area (Å²) in [5.41, 5.74) is -0.0972. The van der Waals surface area contributed by atoms with Crippen molar-refractivity contribution >= 4 is 11.9 Å². The summed E-state index contributed by atoms with van der Waals surface area (Å²) in [7, 11) is 0. The van der Waals surface area contributed by atoms with Crippen LogP contribution in [0, 0.1) is 0 Å². The van der Waals surface area contributed by atoms with E-state index in [9.17, 15) is 9.59 Å². The highest BCUT2D eigenvalue weighted by atomic mass is 16.4. The van der Waals surface area contributed by atoms with Gasteiger partial charge < -0.3 is 15.3 Å². The molecule has 2 aromatic heterocycles. The van der Waals surface area contributed by atoms with E-state index in [0.717, 1.165) is 0 Å². The lowest BCUT2D eigenvalue weighted by molar-refractivity contribution is 0.0679. The van der Waals surface area contributed by atoms with E-state index >= 15 is 0 Å². The molecule has 0 fully saturated rings. The topological polar surface area (TPSA) is 121 Å². The first-order valence-corrected chi connectivity index (χ1v) is 5.03. The molecule has 0 aliphatic rings. The average Bonchev–Trinajstić information content (AvgIpc) is 2.40. The smallest absolute Gasteiger partial charge is 0.358 e. The lowest BCUT2D eigenvalue weighted by Crippen LogP contribution is -1.99. The fourth-order valence-corrected chi connectivity index (χ4v) is 1.05. The molecular formula is C12H10N2O5. The zero-order valence-electron chi connectivity index (χ0n) is 9.59. The van der Waals surface area contributed by atoms with Gasteiger partial charge in [-0.2, -0.15) is 0 Å². The monoisotopic (exact) mass is 262 g/mol. The molecule has 0 bridgehead atoms. The van der Waals surface area contributed by atoms with Crippen LogP contribution in [0.1, 0.15) is 20.8 Å². The second kappa shape index (κ2) is 6.70. The molecule has 0 unspecified atom stereocenters. The molecule has 3 N–H and O–H groups in total. The molecular weight excluding hydrogens is 252 g/mol. The lowest BCUT2D eigenvalue weighted by Gasteiger charge is -1.93. The van der Waals surface area contributed by atoms with Crippen molar-refractivity contribution in [2.75, 3.05) is 0 Å². The van der Waals surface area contributed by atoms with Gasteiger partial charge in [-0.3, -0.25) is 4.98 Å². The van der Waals surface area contributed by atoms with Gasteiger partial charge >= 0.3 is 11.9 Å². The minimum absolute atomic E-state index is 0.220. The second-order valence-corrected chi connectivity index (χ2v) is 3.22. The maximum Gasteiger partial charge on any atom is 0.358 e. The minimum atomic E-state index is -1.22. The number of carbonyl (C=O) groups is 2. The van der Waals surface area contributed by atoms with Gasteiger partial charge in [-0.25, -0.2) is 14.6 Å². The molecule has 98 valence electrons. The van der Waals surface area contributed by atoms with Crippen LogP contribution in [-0.4, -0.2) is 37.2 Å². The summed E-state index contributed by atoms with van der Waals surface area (Å²) in [4.78, 5) is 27.4. The average molecular weight is 262 g/mol. The molecule has 2 aromatic rings. The fraction of sp³-hybridized carbons (Fsp3) is 0. The molecule has 0 amide bonds. The number of rotatable bonds is 2. The number of hydrogen-bond acceptors (Lipinski definition) is 5. The zero-order chi connectivity index (χ0) is 14.3. The Morgan fingerprint density at radius 3 is 2.05 bits per heavy atom. The number of hydrogen-bond donors (Lipinski definition) is 3. The number of pyridine rings is 2. The van der Waals surface area contributed by atoms with E-state index in [1.165, 1.54) is 36.8 Å². The third-order valence-corrected chi connectivity index (χ3v) is 1.90. The van der Waals surface area contributed by atoms with Crippen molar-refractivity contribution in [2.45, 2.75) is 0 Å². The Hall–Kier alpha value is -2.96. The van der Waals surface area contributed by atoms with Gasteiger partial charge in [-0.15, -0.1) is 0 Å². The van der Waals surface area contributed by atoms with Crippen molar-refractivity contribution in [3.05, 3.63) is 54.1 Å². The Morgan fingerprint density at radius 2 is 1.68 bits per heavy atom. The first-order chi connectivity index (χ1) is 9.02. The third-order valence-electron chi connectivity index (χ3n) is 1.90. The number of nitrogens with zero attached hydrogens (tertiary/aromatic N) is 2. The van der Waals surface area contributed by atoms with E-state index < -0.39 is 11.9 Å².